The number of anilines is 1. The third-order valence-corrected chi connectivity index (χ3v) is 4.07. The molecule has 0 fully saturated rings. The summed E-state index contributed by atoms with van der Waals surface area (Å²) in [5, 5.41) is 4.64. The van der Waals surface area contributed by atoms with Crippen LogP contribution in [0.25, 0.3) is 0 Å². The molecule has 8 heteroatoms. The van der Waals surface area contributed by atoms with Crippen molar-refractivity contribution >= 4 is 28.7 Å². The maximum Gasteiger partial charge on any atom is 0.350 e. The number of aryl methyl sites for hydroxylation is 1. The minimum Gasteiger partial charge on any atom is -0.493 e. The molecule has 2 rings (SSSR count). The summed E-state index contributed by atoms with van der Waals surface area (Å²) in [6.07, 6.45) is 1.63. The van der Waals surface area contributed by atoms with E-state index in [-0.39, 0.29) is 0 Å². The molecule has 0 saturated carbocycles. The zero-order chi connectivity index (χ0) is 17.5. The lowest BCUT2D eigenvalue weighted by molar-refractivity contribution is 0.0605. The van der Waals surface area contributed by atoms with Gasteiger partial charge in [-0.25, -0.2) is 9.78 Å². The van der Waals surface area contributed by atoms with Gasteiger partial charge in [0.1, 0.15) is 4.88 Å². The van der Waals surface area contributed by atoms with Gasteiger partial charge in [-0.2, -0.15) is 5.10 Å². The largest absolute Gasteiger partial charge is 0.493 e. The highest BCUT2D eigenvalue weighted by atomic mass is 32.1. The fourth-order valence-electron chi connectivity index (χ4n) is 1.93. The standard InChI is InChI=1S/C16H19N3O4S/c1-5-23-12-7-6-11(8-13(12)21-3)9-17-19-16-18-10(2)14(24-16)15(20)22-4/h6-9H,5H2,1-4H3,(H,18,19)/b17-9-. The lowest BCUT2D eigenvalue weighted by Gasteiger charge is -2.09. The van der Waals surface area contributed by atoms with Crippen LogP contribution in [0.15, 0.2) is 23.3 Å². The number of carbonyl (C=O) groups excluding carboxylic acids is 1. The van der Waals surface area contributed by atoms with Gasteiger partial charge in [-0.1, -0.05) is 11.3 Å². The maximum atomic E-state index is 11.6. The van der Waals surface area contributed by atoms with Gasteiger partial charge in [-0.3, -0.25) is 5.43 Å². The van der Waals surface area contributed by atoms with Crippen molar-refractivity contribution in [3.63, 3.8) is 0 Å². The Morgan fingerprint density at radius 1 is 1.38 bits per heavy atom. The molecule has 1 heterocycles. The smallest absolute Gasteiger partial charge is 0.350 e. The Morgan fingerprint density at radius 2 is 2.17 bits per heavy atom. The molecule has 24 heavy (non-hydrogen) atoms. The molecule has 0 spiro atoms. The normalized spacial score (nSPS) is 10.7. The predicted molar refractivity (Wildman–Crippen MR) is 93.6 cm³/mol. The highest BCUT2D eigenvalue weighted by molar-refractivity contribution is 7.17. The third-order valence-electron chi connectivity index (χ3n) is 3.03. The molecule has 0 aliphatic carbocycles. The number of thiazole rings is 1. The van der Waals surface area contributed by atoms with Crippen LogP contribution in [0, 0.1) is 6.92 Å². The second-order valence-electron chi connectivity index (χ2n) is 4.64. The van der Waals surface area contributed by atoms with Gasteiger partial charge in [0.05, 0.1) is 32.7 Å². The number of hydrazone groups is 1. The van der Waals surface area contributed by atoms with Gasteiger partial charge in [-0.15, -0.1) is 0 Å². The molecule has 128 valence electrons. The Balaban J connectivity index is 2.08. The molecular formula is C16H19N3O4S. The van der Waals surface area contributed by atoms with Crippen molar-refractivity contribution in [1.82, 2.24) is 4.98 Å². The van der Waals surface area contributed by atoms with E-state index >= 15 is 0 Å². The highest BCUT2D eigenvalue weighted by Gasteiger charge is 2.15. The minimum atomic E-state index is -0.404. The number of nitrogens with one attached hydrogen (secondary N) is 1. The Morgan fingerprint density at radius 3 is 2.83 bits per heavy atom. The van der Waals surface area contributed by atoms with Gasteiger partial charge in [0.15, 0.2) is 11.5 Å². The quantitative estimate of drug-likeness (QED) is 0.470. The van der Waals surface area contributed by atoms with Gasteiger partial charge in [-0.05, 0) is 37.6 Å². The first kappa shape index (κ1) is 17.7. The van der Waals surface area contributed by atoms with Crippen molar-refractivity contribution in [2.24, 2.45) is 5.10 Å². The van der Waals surface area contributed by atoms with E-state index in [1.54, 1.807) is 20.2 Å². The summed E-state index contributed by atoms with van der Waals surface area (Å²) in [4.78, 5) is 16.2. The summed E-state index contributed by atoms with van der Waals surface area (Å²) in [5.74, 6) is 0.917. The Labute approximate surface area is 144 Å². The van der Waals surface area contributed by atoms with Crippen LogP contribution in [0.4, 0.5) is 5.13 Å². The molecule has 2 aromatic rings. The average molecular weight is 349 g/mol. The number of methoxy groups -OCH3 is 2. The summed E-state index contributed by atoms with van der Waals surface area (Å²) in [6, 6.07) is 5.52. The van der Waals surface area contributed by atoms with E-state index in [2.05, 4.69) is 15.5 Å². The van der Waals surface area contributed by atoms with Crippen molar-refractivity contribution in [3.8, 4) is 11.5 Å². The van der Waals surface area contributed by atoms with E-state index in [0.717, 1.165) is 5.56 Å². The topological polar surface area (TPSA) is 82.0 Å². The fourth-order valence-corrected chi connectivity index (χ4v) is 2.76. The maximum absolute atomic E-state index is 11.6. The summed E-state index contributed by atoms with van der Waals surface area (Å²) in [5.41, 5.74) is 4.25. The third kappa shape index (κ3) is 4.23. The number of hydrogen-bond acceptors (Lipinski definition) is 8. The number of benzene rings is 1. The van der Waals surface area contributed by atoms with Crippen LogP contribution in [-0.4, -0.2) is 38.0 Å². The van der Waals surface area contributed by atoms with Crippen LogP contribution in [-0.2, 0) is 4.74 Å². The van der Waals surface area contributed by atoms with Crippen molar-refractivity contribution < 1.29 is 19.0 Å². The minimum absolute atomic E-state index is 0.404. The second kappa shape index (κ2) is 8.30. The molecule has 1 aromatic heterocycles. The molecule has 7 nitrogen and oxygen atoms in total. The molecule has 0 bridgehead atoms. The molecule has 1 aromatic carbocycles. The van der Waals surface area contributed by atoms with Crippen LogP contribution in [0.5, 0.6) is 11.5 Å². The summed E-state index contributed by atoms with van der Waals surface area (Å²) in [6.45, 7) is 4.23. The van der Waals surface area contributed by atoms with Crippen molar-refractivity contribution in [2.75, 3.05) is 26.3 Å². The number of esters is 1. The number of hydrogen-bond donors (Lipinski definition) is 1. The van der Waals surface area contributed by atoms with Gasteiger partial charge in [0, 0.05) is 0 Å². The zero-order valence-electron chi connectivity index (χ0n) is 14.0. The molecule has 0 unspecified atom stereocenters. The summed E-state index contributed by atoms with van der Waals surface area (Å²) >= 11 is 1.19. The fraction of sp³-hybridized carbons (Fsp3) is 0.312. The molecule has 0 amide bonds. The number of nitrogens with zero attached hydrogens (tertiary/aromatic N) is 2. The number of ether oxygens (including phenoxy) is 3. The number of rotatable bonds is 7. The molecule has 0 radical (unpaired) electrons. The lowest BCUT2D eigenvalue weighted by Crippen LogP contribution is -1.99. The lowest BCUT2D eigenvalue weighted by atomic mass is 10.2. The highest BCUT2D eigenvalue weighted by Crippen LogP contribution is 2.27. The molecule has 0 aliphatic rings. The summed E-state index contributed by atoms with van der Waals surface area (Å²) in [7, 11) is 2.93. The van der Waals surface area contributed by atoms with Crippen LogP contribution < -0.4 is 14.9 Å². The number of carbonyl (C=O) groups is 1. The van der Waals surface area contributed by atoms with E-state index in [1.165, 1.54) is 18.4 Å². The van der Waals surface area contributed by atoms with Gasteiger partial charge in [0.2, 0.25) is 5.13 Å². The second-order valence-corrected chi connectivity index (χ2v) is 5.64. The van der Waals surface area contributed by atoms with Crippen LogP contribution in [0.1, 0.15) is 27.9 Å². The number of aromatic nitrogens is 1. The molecule has 0 aliphatic heterocycles. The Kier molecular flexibility index (Phi) is 6.14. The van der Waals surface area contributed by atoms with E-state index in [9.17, 15) is 4.79 Å². The Bertz CT molecular complexity index is 743. The van der Waals surface area contributed by atoms with Gasteiger partial charge in [0.25, 0.3) is 0 Å². The first-order valence-electron chi connectivity index (χ1n) is 7.24. The molecule has 0 atom stereocenters. The van der Waals surface area contributed by atoms with Crippen LogP contribution >= 0.6 is 11.3 Å². The van der Waals surface area contributed by atoms with Gasteiger partial charge >= 0.3 is 5.97 Å². The van der Waals surface area contributed by atoms with E-state index in [0.29, 0.717) is 33.8 Å². The molecule has 1 N–H and O–H groups in total. The van der Waals surface area contributed by atoms with E-state index in [1.807, 2.05) is 25.1 Å². The van der Waals surface area contributed by atoms with E-state index < -0.39 is 5.97 Å². The zero-order valence-corrected chi connectivity index (χ0v) is 14.8. The van der Waals surface area contributed by atoms with Crippen LogP contribution in [0.2, 0.25) is 0 Å². The summed E-state index contributed by atoms with van der Waals surface area (Å²) < 4.78 is 15.5. The predicted octanol–water partition coefficient (Wildman–Crippen LogP) is 3.09. The van der Waals surface area contributed by atoms with Crippen molar-refractivity contribution in [3.05, 3.63) is 34.3 Å². The van der Waals surface area contributed by atoms with Crippen molar-refractivity contribution in [1.29, 1.82) is 0 Å². The first-order chi connectivity index (χ1) is 11.6. The van der Waals surface area contributed by atoms with Gasteiger partial charge < -0.3 is 14.2 Å². The Hall–Kier alpha value is -2.61. The molecular weight excluding hydrogens is 330 g/mol. The first-order valence-corrected chi connectivity index (χ1v) is 8.06. The van der Waals surface area contributed by atoms with E-state index in [4.69, 9.17) is 14.2 Å². The monoisotopic (exact) mass is 349 g/mol. The SMILES string of the molecule is CCOc1ccc(/C=N\Nc2nc(C)c(C(=O)OC)s2)cc1OC. The van der Waals surface area contributed by atoms with Crippen LogP contribution in [0.3, 0.4) is 0 Å². The molecule has 0 saturated heterocycles. The average Bonchev–Trinajstić information content (AvgIpc) is 2.96. The van der Waals surface area contributed by atoms with Crippen molar-refractivity contribution in [2.45, 2.75) is 13.8 Å².